The van der Waals surface area contributed by atoms with Crippen LogP contribution in [-0.4, -0.2) is 9.55 Å². The predicted octanol–water partition coefficient (Wildman–Crippen LogP) is 4.73. The quantitative estimate of drug-likeness (QED) is 0.750. The largest absolute Gasteiger partial charge is 0.337 e. The minimum Gasteiger partial charge on any atom is -0.337 e. The van der Waals surface area contributed by atoms with Gasteiger partial charge in [-0.05, 0) is 30.4 Å². The van der Waals surface area contributed by atoms with Gasteiger partial charge in [-0.2, -0.15) is 0 Å². The molecule has 0 radical (unpaired) electrons. The van der Waals surface area contributed by atoms with Gasteiger partial charge < -0.3 is 4.98 Å². The molecule has 1 aromatic heterocycles. The van der Waals surface area contributed by atoms with E-state index in [2.05, 4.69) is 41.7 Å². The van der Waals surface area contributed by atoms with E-state index in [1.807, 2.05) is 6.20 Å². The summed E-state index contributed by atoms with van der Waals surface area (Å²) in [6.07, 6.45) is 1.84. The average molecular weight is 329 g/mol. The Morgan fingerprint density at radius 3 is 2.56 bits per heavy atom. The molecule has 0 spiro atoms. The Balaban J connectivity index is 2.71. The molecule has 0 aliphatic carbocycles. The maximum Gasteiger partial charge on any atom is 0.182 e. The lowest BCUT2D eigenvalue weighted by Gasteiger charge is -2.21. The molecule has 0 fully saturated rings. The summed E-state index contributed by atoms with van der Waals surface area (Å²) >= 11 is 8.50. The van der Waals surface area contributed by atoms with Crippen LogP contribution in [0.3, 0.4) is 0 Å². The Labute approximate surface area is 119 Å². The van der Waals surface area contributed by atoms with Crippen molar-refractivity contribution in [3.8, 4) is 5.69 Å². The van der Waals surface area contributed by atoms with Gasteiger partial charge in [-0.3, -0.25) is 4.57 Å². The van der Waals surface area contributed by atoms with Crippen LogP contribution in [0.2, 0.25) is 0 Å². The number of rotatable bonds is 1. The van der Waals surface area contributed by atoms with Gasteiger partial charge >= 0.3 is 0 Å². The number of benzene rings is 1. The van der Waals surface area contributed by atoms with Crippen molar-refractivity contribution in [3.63, 3.8) is 0 Å². The monoisotopic (exact) mass is 328 g/mol. The molecule has 2 rings (SSSR count). The topological polar surface area (TPSA) is 20.7 Å². The molecule has 1 heterocycles. The molecule has 5 heteroatoms. The van der Waals surface area contributed by atoms with Gasteiger partial charge in [0.05, 0.1) is 5.69 Å². The molecule has 2 nitrogen and oxygen atoms in total. The van der Waals surface area contributed by atoms with Crippen LogP contribution < -0.4 is 0 Å². The van der Waals surface area contributed by atoms with Gasteiger partial charge in [0, 0.05) is 21.8 Å². The van der Waals surface area contributed by atoms with Crippen LogP contribution in [0.25, 0.3) is 5.69 Å². The first kappa shape index (κ1) is 13.5. The molecule has 0 aliphatic heterocycles. The summed E-state index contributed by atoms with van der Waals surface area (Å²) < 4.78 is 17.0. The van der Waals surface area contributed by atoms with E-state index < -0.39 is 0 Å². The van der Waals surface area contributed by atoms with Gasteiger partial charge in [0.25, 0.3) is 0 Å². The Kier molecular flexibility index (Phi) is 3.47. The van der Waals surface area contributed by atoms with Crippen LogP contribution >= 0.6 is 28.1 Å². The highest BCUT2D eigenvalue weighted by atomic mass is 79.9. The van der Waals surface area contributed by atoms with Crippen molar-refractivity contribution < 1.29 is 4.39 Å². The third-order valence-electron chi connectivity index (χ3n) is 2.70. The van der Waals surface area contributed by atoms with Crippen molar-refractivity contribution in [3.05, 3.63) is 45.2 Å². The molecule has 0 saturated carbocycles. The van der Waals surface area contributed by atoms with Crippen molar-refractivity contribution in [2.24, 2.45) is 0 Å². The predicted molar refractivity (Wildman–Crippen MR) is 77.3 cm³/mol. The summed E-state index contributed by atoms with van der Waals surface area (Å²) in [5, 5.41) is 0. The van der Waals surface area contributed by atoms with Gasteiger partial charge in [0.1, 0.15) is 5.82 Å². The van der Waals surface area contributed by atoms with Crippen molar-refractivity contribution in [1.29, 1.82) is 0 Å². The van der Waals surface area contributed by atoms with Crippen molar-refractivity contribution in [2.75, 3.05) is 0 Å². The molecule has 1 N–H and O–H groups in total. The van der Waals surface area contributed by atoms with E-state index in [0.29, 0.717) is 14.9 Å². The molecule has 0 saturated heterocycles. The summed E-state index contributed by atoms with van der Waals surface area (Å²) in [6.45, 7) is 6.20. The number of aromatic nitrogens is 2. The lowest BCUT2D eigenvalue weighted by atomic mass is 9.92. The molecule has 0 bridgehead atoms. The highest BCUT2D eigenvalue weighted by Gasteiger charge is 2.21. The highest BCUT2D eigenvalue weighted by molar-refractivity contribution is 9.10. The maximum absolute atomic E-state index is 14.1. The second-order valence-electron chi connectivity index (χ2n) is 5.16. The Hall–Kier alpha value is -0.940. The van der Waals surface area contributed by atoms with E-state index >= 15 is 0 Å². The van der Waals surface area contributed by atoms with Crippen LogP contribution in [0.15, 0.2) is 28.9 Å². The van der Waals surface area contributed by atoms with Crippen LogP contribution in [0, 0.1) is 10.6 Å². The highest BCUT2D eigenvalue weighted by Crippen LogP contribution is 2.27. The lowest BCUT2D eigenvalue weighted by molar-refractivity contribution is 0.546. The van der Waals surface area contributed by atoms with Gasteiger partial charge in [-0.25, -0.2) is 4.39 Å². The third-order valence-corrected chi connectivity index (χ3v) is 3.49. The fourth-order valence-electron chi connectivity index (χ4n) is 1.82. The number of nitrogens with one attached hydrogen (secondary N) is 1. The van der Waals surface area contributed by atoms with E-state index in [-0.39, 0.29) is 11.2 Å². The first-order valence-electron chi connectivity index (χ1n) is 5.57. The zero-order chi connectivity index (χ0) is 13.5. The maximum atomic E-state index is 14.1. The lowest BCUT2D eigenvalue weighted by Crippen LogP contribution is -2.17. The molecule has 96 valence electrons. The van der Waals surface area contributed by atoms with Crippen LogP contribution in [-0.2, 0) is 5.41 Å². The third kappa shape index (κ3) is 2.42. The SMILES string of the molecule is CC(C)(C)c1c[nH]c(=S)n1-c1ccc(Br)cc1F. The second-order valence-corrected chi connectivity index (χ2v) is 6.46. The summed E-state index contributed by atoms with van der Waals surface area (Å²) in [6, 6.07) is 4.97. The zero-order valence-corrected chi connectivity index (χ0v) is 12.8. The number of nitrogens with zero attached hydrogens (tertiary/aromatic N) is 1. The summed E-state index contributed by atoms with van der Waals surface area (Å²) in [4.78, 5) is 2.98. The molecule has 0 atom stereocenters. The molecule has 1 aromatic carbocycles. The normalized spacial score (nSPS) is 11.8. The smallest absolute Gasteiger partial charge is 0.182 e. The number of hydrogen-bond donors (Lipinski definition) is 1. The molecule has 18 heavy (non-hydrogen) atoms. The molecule has 0 amide bonds. The van der Waals surface area contributed by atoms with Crippen LogP contribution in [0.1, 0.15) is 26.5 Å². The van der Waals surface area contributed by atoms with Crippen molar-refractivity contribution in [2.45, 2.75) is 26.2 Å². The first-order valence-corrected chi connectivity index (χ1v) is 6.77. The summed E-state index contributed by atoms with van der Waals surface area (Å²) in [5.74, 6) is -0.300. The summed E-state index contributed by atoms with van der Waals surface area (Å²) in [5.41, 5.74) is 1.30. The van der Waals surface area contributed by atoms with E-state index in [1.54, 1.807) is 16.7 Å². The Bertz CT molecular complexity index is 637. The minimum absolute atomic E-state index is 0.118. The number of H-pyrrole nitrogens is 1. The minimum atomic E-state index is -0.300. The second kappa shape index (κ2) is 4.63. The number of aromatic amines is 1. The van der Waals surface area contributed by atoms with Gasteiger partial charge in [0.15, 0.2) is 4.77 Å². The number of halogens is 2. The van der Waals surface area contributed by atoms with Gasteiger partial charge in [-0.15, -0.1) is 0 Å². The molecule has 0 unspecified atom stereocenters. The fraction of sp³-hybridized carbons (Fsp3) is 0.308. The Morgan fingerprint density at radius 1 is 1.33 bits per heavy atom. The number of hydrogen-bond acceptors (Lipinski definition) is 1. The van der Waals surface area contributed by atoms with Crippen LogP contribution in [0.4, 0.5) is 4.39 Å². The first-order chi connectivity index (χ1) is 8.30. The van der Waals surface area contributed by atoms with Crippen molar-refractivity contribution >= 4 is 28.1 Å². The number of imidazole rings is 1. The fourth-order valence-corrected chi connectivity index (χ4v) is 2.41. The molecule has 2 aromatic rings. The van der Waals surface area contributed by atoms with Crippen LogP contribution in [0.5, 0.6) is 0 Å². The van der Waals surface area contributed by atoms with Crippen molar-refractivity contribution in [1.82, 2.24) is 9.55 Å². The van der Waals surface area contributed by atoms with E-state index in [9.17, 15) is 4.39 Å². The van der Waals surface area contributed by atoms with E-state index in [1.165, 1.54) is 6.07 Å². The zero-order valence-electron chi connectivity index (χ0n) is 10.4. The molecular weight excluding hydrogens is 315 g/mol. The molecule has 0 aliphatic rings. The van der Waals surface area contributed by atoms with E-state index in [0.717, 1.165) is 5.69 Å². The van der Waals surface area contributed by atoms with Gasteiger partial charge in [-0.1, -0.05) is 36.7 Å². The molecular formula is C13H14BrFN2S. The summed E-state index contributed by atoms with van der Waals surface area (Å²) in [7, 11) is 0. The van der Waals surface area contributed by atoms with E-state index in [4.69, 9.17) is 12.2 Å². The standard InChI is InChI=1S/C13H14BrFN2S/c1-13(2,3)11-7-16-12(18)17(11)10-5-4-8(14)6-9(10)15/h4-7H,1-3H3,(H,16,18). The van der Waals surface area contributed by atoms with Gasteiger partial charge in [0.2, 0.25) is 0 Å². The Morgan fingerprint density at radius 2 is 2.00 bits per heavy atom. The average Bonchev–Trinajstić information content (AvgIpc) is 2.60.